The predicted octanol–water partition coefficient (Wildman–Crippen LogP) is 4.30. The molecule has 3 aromatic rings. The summed E-state index contributed by atoms with van der Waals surface area (Å²) in [4.78, 5) is 21.6. The summed E-state index contributed by atoms with van der Waals surface area (Å²) in [6.07, 6.45) is 5.00. The molecule has 1 aliphatic carbocycles. The van der Waals surface area contributed by atoms with Gasteiger partial charge in [0.25, 0.3) is 5.91 Å². The largest absolute Gasteiger partial charge is 0.490 e. The van der Waals surface area contributed by atoms with Crippen LogP contribution in [-0.2, 0) is 11.3 Å². The van der Waals surface area contributed by atoms with E-state index in [0.29, 0.717) is 48.8 Å². The molecule has 6 rings (SSSR count). The molecule has 4 N–H and O–H groups in total. The Hall–Kier alpha value is -3.65. The second-order valence-corrected chi connectivity index (χ2v) is 8.99. The van der Waals surface area contributed by atoms with Crippen molar-refractivity contribution < 1.29 is 14.3 Å². The Morgan fingerprint density at radius 3 is 2.82 bits per heavy atom. The van der Waals surface area contributed by atoms with Crippen molar-refractivity contribution in [1.29, 1.82) is 0 Å². The lowest BCUT2D eigenvalue weighted by molar-refractivity contribution is 0.0923. The molecule has 0 saturated heterocycles. The minimum atomic E-state index is -0.146. The Bertz CT molecular complexity index is 1190. The van der Waals surface area contributed by atoms with Crippen LogP contribution in [0, 0.1) is 5.92 Å². The summed E-state index contributed by atoms with van der Waals surface area (Å²) in [6, 6.07) is 13.0. The molecule has 1 aromatic heterocycles. The number of benzene rings is 2. The Kier molecular flexibility index (Phi) is 6.31. The number of carbonyl (C=O) groups is 1. The number of nitrogens with one attached hydrogen (secondary N) is 2. The third kappa shape index (κ3) is 5.28. The van der Waals surface area contributed by atoms with Crippen LogP contribution in [0.5, 0.6) is 5.75 Å². The minimum Gasteiger partial charge on any atom is -0.490 e. The van der Waals surface area contributed by atoms with Crippen LogP contribution in [-0.4, -0.2) is 35.1 Å². The third-order valence-corrected chi connectivity index (χ3v) is 6.00. The van der Waals surface area contributed by atoms with Gasteiger partial charge < -0.3 is 25.8 Å². The van der Waals surface area contributed by atoms with Crippen LogP contribution in [0.3, 0.4) is 0 Å². The number of aromatic nitrogens is 2. The molecule has 1 amide bonds. The Labute approximate surface area is 198 Å². The van der Waals surface area contributed by atoms with Crippen molar-refractivity contribution in [2.24, 2.45) is 5.92 Å². The molecular weight excluding hydrogens is 430 g/mol. The first-order valence-electron chi connectivity index (χ1n) is 11.7. The molecule has 34 heavy (non-hydrogen) atoms. The molecule has 1 fully saturated rings. The third-order valence-electron chi connectivity index (χ3n) is 6.00. The monoisotopic (exact) mass is 459 g/mol. The van der Waals surface area contributed by atoms with Crippen molar-refractivity contribution >= 4 is 23.2 Å². The van der Waals surface area contributed by atoms with E-state index in [2.05, 4.69) is 27.5 Å². The first kappa shape index (κ1) is 22.2. The summed E-state index contributed by atoms with van der Waals surface area (Å²) in [5, 5.41) is 6.27. The quantitative estimate of drug-likeness (QED) is 0.490. The zero-order valence-corrected chi connectivity index (χ0v) is 19.2. The molecule has 176 valence electrons. The van der Waals surface area contributed by atoms with Crippen LogP contribution in [0.4, 0.5) is 17.3 Å². The lowest BCUT2D eigenvalue weighted by Crippen LogP contribution is -2.28. The number of hydrogen-bond acceptors (Lipinski definition) is 7. The van der Waals surface area contributed by atoms with Gasteiger partial charge in [-0.25, -0.2) is 9.97 Å². The van der Waals surface area contributed by atoms with Gasteiger partial charge in [0.2, 0.25) is 5.95 Å². The molecule has 1 atom stereocenters. The molecule has 2 aromatic carbocycles. The second-order valence-electron chi connectivity index (χ2n) is 8.99. The fourth-order valence-electron chi connectivity index (χ4n) is 3.82. The first-order chi connectivity index (χ1) is 16.5. The SMILES string of the molecule is C[C@H]1CCOCc2cc(ccc2OC2CC2)Nc2nccc(n2)-c2ccc(cc2N)C(=O)NC1. The van der Waals surface area contributed by atoms with E-state index in [0.717, 1.165) is 41.8 Å². The fourth-order valence-corrected chi connectivity index (χ4v) is 3.82. The molecule has 3 aliphatic rings. The van der Waals surface area contributed by atoms with Crippen molar-refractivity contribution in [2.45, 2.75) is 38.9 Å². The smallest absolute Gasteiger partial charge is 0.251 e. The molecule has 3 heterocycles. The molecular formula is C26H29N5O3. The number of rotatable bonds is 2. The molecule has 8 heteroatoms. The highest BCUT2D eigenvalue weighted by Gasteiger charge is 2.24. The molecule has 1 saturated carbocycles. The first-order valence-corrected chi connectivity index (χ1v) is 11.7. The van der Waals surface area contributed by atoms with Crippen LogP contribution in [0.25, 0.3) is 11.3 Å². The van der Waals surface area contributed by atoms with Crippen LogP contribution < -0.4 is 21.1 Å². The number of nitrogen functional groups attached to an aromatic ring is 1. The normalized spacial score (nSPS) is 18.7. The van der Waals surface area contributed by atoms with Crippen molar-refractivity contribution in [1.82, 2.24) is 15.3 Å². The van der Waals surface area contributed by atoms with E-state index in [-0.39, 0.29) is 11.8 Å². The van der Waals surface area contributed by atoms with Gasteiger partial charge in [0.15, 0.2) is 0 Å². The zero-order chi connectivity index (χ0) is 23.5. The number of ether oxygens (including phenoxy) is 2. The van der Waals surface area contributed by atoms with Crippen LogP contribution >= 0.6 is 0 Å². The molecule has 0 unspecified atom stereocenters. The van der Waals surface area contributed by atoms with Gasteiger partial charge in [-0.1, -0.05) is 6.92 Å². The van der Waals surface area contributed by atoms with Crippen molar-refractivity contribution in [3.8, 4) is 17.0 Å². The molecule has 2 aliphatic heterocycles. The number of nitrogens with zero attached hydrogens (tertiary/aromatic N) is 2. The highest BCUT2D eigenvalue weighted by molar-refractivity contribution is 5.96. The number of fused-ring (bicyclic) bond motifs is 9. The van der Waals surface area contributed by atoms with E-state index in [1.807, 2.05) is 24.3 Å². The van der Waals surface area contributed by atoms with Gasteiger partial charge in [0.1, 0.15) is 5.75 Å². The predicted molar refractivity (Wildman–Crippen MR) is 131 cm³/mol. The lowest BCUT2D eigenvalue weighted by Gasteiger charge is -2.15. The average molecular weight is 460 g/mol. The molecule has 8 nitrogen and oxygen atoms in total. The average Bonchev–Trinajstić information content (AvgIpc) is 3.65. The van der Waals surface area contributed by atoms with E-state index in [1.165, 1.54) is 0 Å². The van der Waals surface area contributed by atoms with E-state index in [9.17, 15) is 4.79 Å². The Morgan fingerprint density at radius 2 is 2.00 bits per heavy atom. The molecule has 0 radical (unpaired) electrons. The molecule has 6 bridgehead atoms. The van der Waals surface area contributed by atoms with Crippen molar-refractivity contribution in [2.75, 3.05) is 24.2 Å². The maximum Gasteiger partial charge on any atom is 0.251 e. The van der Waals surface area contributed by atoms with Gasteiger partial charge >= 0.3 is 0 Å². The van der Waals surface area contributed by atoms with Gasteiger partial charge in [0, 0.05) is 47.4 Å². The van der Waals surface area contributed by atoms with Crippen molar-refractivity contribution in [3.63, 3.8) is 0 Å². The second kappa shape index (κ2) is 9.69. The highest BCUT2D eigenvalue weighted by Crippen LogP contribution is 2.32. The summed E-state index contributed by atoms with van der Waals surface area (Å²) in [7, 11) is 0. The number of anilines is 3. The Balaban J connectivity index is 1.47. The summed E-state index contributed by atoms with van der Waals surface area (Å²) in [5.41, 5.74) is 10.6. The van der Waals surface area contributed by atoms with Crippen molar-refractivity contribution in [3.05, 3.63) is 59.8 Å². The number of nitrogens with two attached hydrogens (primary N) is 1. The Morgan fingerprint density at radius 1 is 1.12 bits per heavy atom. The number of carbonyl (C=O) groups excluding carboxylic acids is 1. The van der Waals surface area contributed by atoms with E-state index in [4.69, 9.17) is 15.2 Å². The highest BCUT2D eigenvalue weighted by atomic mass is 16.5. The summed E-state index contributed by atoms with van der Waals surface area (Å²) in [5.74, 6) is 1.43. The summed E-state index contributed by atoms with van der Waals surface area (Å²) >= 11 is 0. The summed E-state index contributed by atoms with van der Waals surface area (Å²) in [6.45, 7) is 3.69. The topological polar surface area (TPSA) is 111 Å². The number of hydrogen-bond donors (Lipinski definition) is 3. The van der Waals surface area contributed by atoms with Crippen LogP contribution in [0.15, 0.2) is 48.7 Å². The van der Waals surface area contributed by atoms with Gasteiger partial charge in [-0.15, -0.1) is 0 Å². The maximum absolute atomic E-state index is 12.6. The van der Waals surface area contributed by atoms with Crippen LogP contribution in [0.2, 0.25) is 0 Å². The van der Waals surface area contributed by atoms with E-state index in [1.54, 1.807) is 24.4 Å². The van der Waals surface area contributed by atoms with E-state index >= 15 is 0 Å². The van der Waals surface area contributed by atoms with Gasteiger partial charge in [-0.3, -0.25) is 4.79 Å². The standard InChI is InChI=1S/C26H29N5O3/c1-16-9-11-33-15-18-12-19(3-7-24(18)34-20-4-5-20)30-26-28-10-8-23(31-26)21-6-2-17(13-22(21)27)25(32)29-14-16/h2-3,6-8,10,12-13,16,20H,4-5,9,11,14-15,27H2,1H3,(H,29,32)(H,28,30,31)/t16-/m0/s1. The molecule has 0 spiro atoms. The van der Waals surface area contributed by atoms with Gasteiger partial charge in [0.05, 0.1) is 18.4 Å². The summed E-state index contributed by atoms with van der Waals surface area (Å²) < 4.78 is 12.1. The lowest BCUT2D eigenvalue weighted by atomic mass is 10.0. The fraction of sp³-hybridized carbons (Fsp3) is 0.346. The minimum absolute atomic E-state index is 0.146. The van der Waals surface area contributed by atoms with Crippen LogP contribution in [0.1, 0.15) is 42.1 Å². The number of amides is 1. The van der Waals surface area contributed by atoms with E-state index < -0.39 is 0 Å². The van der Waals surface area contributed by atoms with Gasteiger partial charge in [-0.2, -0.15) is 0 Å². The maximum atomic E-state index is 12.6. The van der Waals surface area contributed by atoms with Gasteiger partial charge in [-0.05, 0) is 67.6 Å². The zero-order valence-electron chi connectivity index (χ0n) is 19.2.